The molecule has 0 aliphatic carbocycles. The number of nitrogens with one attached hydrogen (secondary N) is 2. The van der Waals surface area contributed by atoms with Crippen molar-refractivity contribution in [3.8, 4) is 5.69 Å². The van der Waals surface area contributed by atoms with Gasteiger partial charge < -0.3 is 5.32 Å². The Kier molecular flexibility index (Phi) is 3.04. The Morgan fingerprint density at radius 3 is 2.79 bits per heavy atom. The molecule has 0 atom stereocenters. The van der Waals surface area contributed by atoms with Gasteiger partial charge in [0.15, 0.2) is 0 Å². The van der Waals surface area contributed by atoms with Crippen LogP contribution in [0, 0.1) is 0 Å². The number of aromatic amines is 1. The summed E-state index contributed by atoms with van der Waals surface area (Å²) in [5.41, 5.74) is -0.177. The van der Waals surface area contributed by atoms with Crippen LogP contribution in [0.4, 0.5) is 0 Å². The summed E-state index contributed by atoms with van der Waals surface area (Å²) in [4.78, 5) is 24.9. The molecule has 7 nitrogen and oxygen atoms in total. The smallest absolute Gasteiger partial charge is 0.317 e. The molecule has 1 saturated heterocycles. The van der Waals surface area contributed by atoms with Crippen molar-refractivity contribution in [2.75, 3.05) is 13.1 Å². The number of nitrogens with zero attached hydrogens (tertiary/aromatic N) is 3. The molecule has 7 heteroatoms. The highest BCUT2D eigenvalue weighted by molar-refractivity contribution is 5.25. The van der Waals surface area contributed by atoms with Crippen LogP contribution >= 0.6 is 0 Å². The van der Waals surface area contributed by atoms with Crippen molar-refractivity contribution in [1.82, 2.24) is 24.6 Å². The molecule has 0 radical (unpaired) electrons. The fraction of sp³-hybridized carbons (Fsp3) is 0.417. The summed E-state index contributed by atoms with van der Waals surface area (Å²) in [6, 6.07) is 1.69. The second kappa shape index (κ2) is 4.85. The predicted molar refractivity (Wildman–Crippen MR) is 69.6 cm³/mol. The van der Waals surface area contributed by atoms with Crippen molar-refractivity contribution >= 4 is 0 Å². The Morgan fingerprint density at radius 2 is 2.05 bits per heavy atom. The number of hydrogen-bond acceptors (Lipinski definition) is 4. The molecule has 1 fully saturated rings. The highest BCUT2D eigenvalue weighted by Crippen LogP contribution is 2.18. The first-order valence-corrected chi connectivity index (χ1v) is 6.31. The van der Waals surface area contributed by atoms with Gasteiger partial charge in [0.1, 0.15) is 0 Å². The number of piperidine rings is 1. The Labute approximate surface area is 108 Å². The third-order valence-electron chi connectivity index (χ3n) is 3.37. The van der Waals surface area contributed by atoms with E-state index in [-0.39, 0.29) is 0 Å². The third-order valence-corrected chi connectivity index (χ3v) is 3.37. The van der Waals surface area contributed by atoms with Gasteiger partial charge in [0.25, 0.3) is 5.56 Å². The van der Waals surface area contributed by atoms with E-state index in [0.717, 1.165) is 25.9 Å². The molecule has 0 saturated carbocycles. The second-order valence-corrected chi connectivity index (χ2v) is 4.64. The van der Waals surface area contributed by atoms with Crippen molar-refractivity contribution in [2.45, 2.75) is 18.9 Å². The molecule has 1 aliphatic rings. The van der Waals surface area contributed by atoms with Crippen LogP contribution in [0.5, 0.6) is 0 Å². The molecule has 2 aromatic heterocycles. The predicted octanol–water partition coefficient (Wildman–Crippen LogP) is -0.353. The molecule has 3 rings (SSSR count). The second-order valence-electron chi connectivity index (χ2n) is 4.64. The Hall–Kier alpha value is -2.15. The molecule has 2 aromatic rings. The van der Waals surface area contributed by atoms with Crippen LogP contribution in [-0.4, -0.2) is 32.4 Å². The minimum atomic E-state index is -0.447. The van der Waals surface area contributed by atoms with Gasteiger partial charge in [-0.25, -0.2) is 4.79 Å². The molecule has 0 unspecified atom stereocenters. The standard InChI is InChI=1S/C12H15N5O2/c18-11-3-6-16(12(19)15-11)10-7-14-17(8-10)9-1-4-13-5-2-9/h3,6-9,13H,1-2,4-5H2,(H,15,18,19). The van der Waals surface area contributed by atoms with Crippen LogP contribution in [0.2, 0.25) is 0 Å². The van der Waals surface area contributed by atoms with Crippen LogP contribution in [0.25, 0.3) is 5.69 Å². The first kappa shape index (κ1) is 11.9. The first-order chi connectivity index (χ1) is 9.24. The maximum absolute atomic E-state index is 11.7. The minimum absolute atomic E-state index is 0.369. The van der Waals surface area contributed by atoms with Crippen molar-refractivity contribution < 1.29 is 0 Å². The minimum Gasteiger partial charge on any atom is -0.317 e. The van der Waals surface area contributed by atoms with Crippen LogP contribution < -0.4 is 16.6 Å². The normalized spacial score (nSPS) is 16.6. The lowest BCUT2D eigenvalue weighted by molar-refractivity contribution is 0.343. The maximum Gasteiger partial charge on any atom is 0.333 e. The Balaban J connectivity index is 1.92. The van der Waals surface area contributed by atoms with Crippen molar-refractivity contribution in [1.29, 1.82) is 0 Å². The topological polar surface area (TPSA) is 84.7 Å². The lowest BCUT2D eigenvalue weighted by atomic mass is 10.1. The van der Waals surface area contributed by atoms with Crippen LogP contribution in [0.15, 0.2) is 34.2 Å². The molecular formula is C12H15N5O2. The average Bonchev–Trinajstić information content (AvgIpc) is 2.89. The fourth-order valence-electron chi connectivity index (χ4n) is 2.34. The van der Waals surface area contributed by atoms with Crippen molar-refractivity contribution in [2.24, 2.45) is 0 Å². The van der Waals surface area contributed by atoms with Gasteiger partial charge in [0, 0.05) is 18.5 Å². The number of aromatic nitrogens is 4. The van der Waals surface area contributed by atoms with Gasteiger partial charge in [-0.3, -0.25) is 19.0 Å². The molecule has 100 valence electrons. The van der Waals surface area contributed by atoms with E-state index < -0.39 is 11.2 Å². The van der Waals surface area contributed by atoms with E-state index in [4.69, 9.17) is 0 Å². The summed E-state index contributed by atoms with van der Waals surface area (Å²) >= 11 is 0. The zero-order valence-electron chi connectivity index (χ0n) is 10.4. The molecule has 3 heterocycles. The van der Waals surface area contributed by atoms with Crippen LogP contribution in [0.3, 0.4) is 0 Å². The lowest BCUT2D eigenvalue weighted by Crippen LogP contribution is -2.29. The summed E-state index contributed by atoms with van der Waals surface area (Å²) in [6.07, 6.45) is 7.01. The van der Waals surface area contributed by atoms with Gasteiger partial charge >= 0.3 is 5.69 Å². The van der Waals surface area contributed by atoms with Gasteiger partial charge in [0.05, 0.1) is 17.9 Å². The van der Waals surface area contributed by atoms with E-state index in [1.54, 1.807) is 6.20 Å². The van der Waals surface area contributed by atoms with E-state index >= 15 is 0 Å². The molecule has 19 heavy (non-hydrogen) atoms. The molecule has 0 spiro atoms. The largest absolute Gasteiger partial charge is 0.333 e. The van der Waals surface area contributed by atoms with Crippen LogP contribution in [0.1, 0.15) is 18.9 Å². The SMILES string of the molecule is O=c1ccn(-c2cnn(C3CCNCC3)c2)c(=O)[nH]1. The first-order valence-electron chi connectivity index (χ1n) is 6.31. The number of rotatable bonds is 2. The summed E-state index contributed by atoms with van der Waals surface area (Å²) in [7, 11) is 0. The summed E-state index contributed by atoms with van der Waals surface area (Å²) in [6.45, 7) is 1.97. The summed E-state index contributed by atoms with van der Waals surface area (Å²) in [5, 5.41) is 7.62. The van der Waals surface area contributed by atoms with Gasteiger partial charge in [-0.05, 0) is 25.9 Å². The van der Waals surface area contributed by atoms with E-state index in [0.29, 0.717) is 11.7 Å². The number of H-pyrrole nitrogens is 1. The Bertz CT molecular complexity index is 678. The van der Waals surface area contributed by atoms with Crippen LogP contribution in [-0.2, 0) is 0 Å². The molecular weight excluding hydrogens is 246 g/mol. The zero-order chi connectivity index (χ0) is 13.2. The molecule has 0 bridgehead atoms. The van der Waals surface area contributed by atoms with Gasteiger partial charge in [0.2, 0.25) is 0 Å². The zero-order valence-corrected chi connectivity index (χ0v) is 10.4. The monoisotopic (exact) mass is 261 g/mol. The van der Waals surface area contributed by atoms with Gasteiger partial charge in [-0.1, -0.05) is 0 Å². The van der Waals surface area contributed by atoms with E-state index in [9.17, 15) is 9.59 Å². The van der Waals surface area contributed by atoms with Gasteiger partial charge in [-0.15, -0.1) is 0 Å². The highest BCUT2D eigenvalue weighted by Gasteiger charge is 2.16. The average molecular weight is 261 g/mol. The molecule has 0 aromatic carbocycles. The Morgan fingerprint density at radius 1 is 1.26 bits per heavy atom. The van der Waals surface area contributed by atoms with Crippen molar-refractivity contribution in [3.05, 3.63) is 45.5 Å². The van der Waals surface area contributed by atoms with Gasteiger partial charge in [-0.2, -0.15) is 5.10 Å². The highest BCUT2D eigenvalue weighted by atomic mass is 16.2. The van der Waals surface area contributed by atoms with E-state index in [2.05, 4.69) is 15.4 Å². The summed E-state index contributed by atoms with van der Waals surface area (Å²) in [5.74, 6) is 0. The van der Waals surface area contributed by atoms with Crippen molar-refractivity contribution in [3.63, 3.8) is 0 Å². The fourth-order valence-corrected chi connectivity index (χ4v) is 2.34. The van der Waals surface area contributed by atoms with E-state index in [1.165, 1.54) is 16.8 Å². The van der Waals surface area contributed by atoms with E-state index in [1.807, 2.05) is 10.9 Å². The quantitative estimate of drug-likeness (QED) is 0.773. The molecule has 1 aliphatic heterocycles. The number of hydrogen-bond donors (Lipinski definition) is 2. The summed E-state index contributed by atoms with van der Waals surface area (Å²) < 4.78 is 3.28. The maximum atomic E-state index is 11.7. The lowest BCUT2D eigenvalue weighted by Gasteiger charge is -2.22. The molecule has 2 N–H and O–H groups in total. The third kappa shape index (κ3) is 2.37. The molecule has 0 amide bonds.